The number of rotatable bonds is 12. The molecule has 7 aliphatic rings. The first-order valence-corrected chi connectivity index (χ1v) is 23.8. The van der Waals surface area contributed by atoms with Crippen LogP contribution in [0.4, 0.5) is 0 Å². The fourth-order valence-corrected chi connectivity index (χ4v) is 14.4. The zero-order valence-electron chi connectivity index (χ0n) is 39.0. The van der Waals surface area contributed by atoms with Gasteiger partial charge in [0.25, 0.3) is 0 Å². The van der Waals surface area contributed by atoms with E-state index in [2.05, 4.69) is 54.5 Å². The Labute approximate surface area is 377 Å². The molecule has 370 valence electrons. The molecule has 3 aliphatic heterocycles. The molecule has 0 aromatic carbocycles. The third-order valence-electron chi connectivity index (χ3n) is 18.3. The van der Waals surface area contributed by atoms with E-state index < -0.39 is 122 Å². The molecule has 3 heterocycles. The first kappa shape index (κ1) is 50.9. The molecule has 17 heteroatoms. The summed E-state index contributed by atoms with van der Waals surface area (Å²) in [6.07, 6.45) is -13.9. The second kappa shape index (κ2) is 18.8. The van der Waals surface area contributed by atoms with E-state index in [0.29, 0.717) is 19.3 Å². The number of fused-ring (bicyclic) bond motifs is 5. The normalized spacial score (nSPS) is 52.5. The number of aliphatic hydroxyl groups is 11. The van der Waals surface area contributed by atoms with Crippen molar-refractivity contribution in [3.63, 3.8) is 0 Å². The van der Waals surface area contributed by atoms with Crippen LogP contribution in [0.15, 0.2) is 11.6 Å². The van der Waals surface area contributed by atoms with E-state index >= 15 is 0 Å². The largest absolute Gasteiger partial charge is 0.394 e. The predicted molar refractivity (Wildman–Crippen MR) is 228 cm³/mol. The summed E-state index contributed by atoms with van der Waals surface area (Å²) < 4.78 is 36.1. The lowest BCUT2D eigenvalue weighted by Crippen LogP contribution is -2.68. The predicted octanol–water partition coefficient (Wildman–Crippen LogP) is 0.612. The molecule has 4 aliphatic carbocycles. The quantitative estimate of drug-likeness (QED) is 0.0946. The summed E-state index contributed by atoms with van der Waals surface area (Å²) >= 11 is 0. The summed E-state index contributed by atoms with van der Waals surface area (Å²) in [7, 11) is 0. The molecule has 3 saturated heterocycles. The molecule has 17 nitrogen and oxygen atoms in total. The van der Waals surface area contributed by atoms with Crippen molar-refractivity contribution in [3.05, 3.63) is 11.6 Å². The fourth-order valence-electron chi connectivity index (χ4n) is 14.4. The molecule has 7 fully saturated rings. The summed E-state index contributed by atoms with van der Waals surface area (Å²) in [5.74, 6) is 0.241. The van der Waals surface area contributed by atoms with Gasteiger partial charge >= 0.3 is 0 Å². The molecular formula is C47H80O17. The maximum absolute atomic E-state index is 12.3. The molecule has 0 amide bonds. The number of aliphatic hydroxyl groups excluding tert-OH is 10. The van der Waals surface area contributed by atoms with Gasteiger partial charge in [0.05, 0.1) is 37.6 Å². The molecule has 0 radical (unpaired) electrons. The van der Waals surface area contributed by atoms with Crippen LogP contribution in [0.25, 0.3) is 0 Å². The van der Waals surface area contributed by atoms with E-state index in [0.717, 1.165) is 38.5 Å². The van der Waals surface area contributed by atoms with E-state index in [1.807, 2.05) is 6.92 Å². The van der Waals surface area contributed by atoms with Crippen LogP contribution in [0, 0.1) is 45.3 Å². The average Bonchev–Trinajstić information content (AvgIpc) is 3.62. The van der Waals surface area contributed by atoms with Gasteiger partial charge in [-0.25, -0.2) is 0 Å². The highest BCUT2D eigenvalue weighted by atomic mass is 16.8. The minimum Gasteiger partial charge on any atom is -0.394 e. The number of allylic oxidation sites excluding steroid dienone is 2. The first-order valence-electron chi connectivity index (χ1n) is 23.8. The highest BCUT2D eigenvalue weighted by molar-refractivity contribution is 5.20. The van der Waals surface area contributed by atoms with Gasteiger partial charge in [0, 0.05) is 0 Å². The van der Waals surface area contributed by atoms with Crippen molar-refractivity contribution in [1.82, 2.24) is 0 Å². The molecule has 24 atom stereocenters. The topological polar surface area (TPSA) is 278 Å². The van der Waals surface area contributed by atoms with Crippen LogP contribution in [0.2, 0.25) is 0 Å². The van der Waals surface area contributed by atoms with Crippen molar-refractivity contribution >= 4 is 0 Å². The maximum Gasteiger partial charge on any atom is 0.187 e. The monoisotopic (exact) mass is 917 g/mol. The van der Waals surface area contributed by atoms with Crippen molar-refractivity contribution in [2.45, 2.75) is 217 Å². The van der Waals surface area contributed by atoms with Crippen LogP contribution in [-0.4, -0.2) is 180 Å². The zero-order chi connectivity index (χ0) is 47.1. The Balaban J connectivity index is 1.12. The van der Waals surface area contributed by atoms with Crippen LogP contribution in [-0.2, 0) is 28.4 Å². The minimum atomic E-state index is -1.82. The molecule has 0 unspecified atom stereocenters. The number of hydrogen-bond donors (Lipinski definition) is 11. The summed E-state index contributed by atoms with van der Waals surface area (Å²) in [6.45, 7) is 16.1. The summed E-state index contributed by atoms with van der Waals surface area (Å²) in [5, 5.41) is 120. The molecule has 0 aromatic rings. The standard InChI is InChI=1S/C47H80O17/c1-22(2)10-9-14-47(8,58)23-11-16-46(7)31(23)24(49)18-29-44(5)15-13-30(43(3,4)28(44)12-17-45(29,46)6)63-42-39(64-41-38(57)35(54)33(52)26(19-48)61-41)36(55)34(53)27(62-42)21-60-40-37(56)32(51)25(50)20-59-40/h10,23-42,48-58H,9,11-21H2,1-8H3/t23-,24+,25+,26+,27+,28+,29+,30-,31-,32-,33+,34+,35-,36-,37+,38+,39+,40-,41-,42-,44-,45+,46+,47-/m0/s1. The maximum atomic E-state index is 12.3. The fraction of sp³-hybridized carbons (Fsp3) is 0.957. The van der Waals surface area contributed by atoms with E-state index in [4.69, 9.17) is 28.4 Å². The Morgan fingerprint density at radius 2 is 1.33 bits per heavy atom. The third kappa shape index (κ3) is 8.71. The Morgan fingerprint density at radius 1 is 0.688 bits per heavy atom. The van der Waals surface area contributed by atoms with Crippen molar-refractivity contribution in [2.24, 2.45) is 45.3 Å². The molecule has 0 bridgehead atoms. The van der Waals surface area contributed by atoms with Crippen molar-refractivity contribution in [2.75, 3.05) is 19.8 Å². The lowest BCUT2D eigenvalue weighted by Gasteiger charge is -2.70. The Morgan fingerprint density at radius 3 is 2.00 bits per heavy atom. The molecule has 4 saturated carbocycles. The van der Waals surface area contributed by atoms with Gasteiger partial charge in [-0.2, -0.15) is 0 Å². The summed E-state index contributed by atoms with van der Waals surface area (Å²) in [5.41, 5.74) is -0.714. The molecule has 64 heavy (non-hydrogen) atoms. The van der Waals surface area contributed by atoms with Gasteiger partial charge in [-0.1, -0.05) is 46.3 Å². The molecule has 7 rings (SSSR count). The van der Waals surface area contributed by atoms with Gasteiger partial charge in [-0.3, -0.25) is 0 Å². The van der Waals surface area contributed by atoms with Gasteiger partial charge in [0.15, 0.2) is 18.9 Å². The Bertz CT molecular complexity index is 1620. The van der Waals surface area contributed by atoms with Crippen molar-refractivity contribution in [3.8, 4) is 0 Å². The van der Waals surface area contributed by atoms with Gasteiger partial charge in [0.2, 0.25) is 0 Å². The van der Waals surface area contributed by atoms with Gasteiger partial charge in [-0.15, -0.1) is 0 Å². The lowest BCUT2D eigenvalue weighted by molar-refractivity contribution is -0.382. The minimum absolute atomic E-state index is 0.0153. The zero-order valence-corrected chi connectivity index (χ0v) is 39.0. The van der Waals surface area contributed by atoms with Crippen LogP contribution in [0.1, 0.15) is 113 Å². The van der Waals surface area contributed by atoms with Crippen LogP contribution < -0.4 is 0 Å². The van der Waals surface area contributed by atoms with E-state index in [-0.39, 0.29) is 46.5 Å². The van der Waals surface area contributed by atoms with Gasteiger partial charge < -0.3 is 84.6 Å². The highest BCUT2D eigenvalue weighted by Gasteiger charge is 2.71. The molecule has 0 aromatic heterocycles. The van der Waals surface area contributed by atoms with Crippen LogP contribution in [0.5, 0.6) is 0 Å². The van der Waals surface area contributed by atoms with E-state index in [9.17, 15) is 56.2 Å². The Hall–Kier alpha value is -0.940. The van der Waals surface area contributed by atoms with E-state index in [1.54, 1.807) is 0 Å². The summed E-state index contributed by atoms with van der Waals surface area (Å²) in [6, 6.07) is 0. The SMILES string of the molecule is CC(C)=CCC[C@](C)(O)[C@H]1CC[C@]2(C)[C@@H]1[C@H](O)C[C@@H]1[C@@]3(C)CC[C@H](O[C@@H]4O[C@H](CO[C@@H]5OC[C@@H](O)[C@H](O)[C@H]5O)[C@@H](O)[C@H](O)[C@H]4O[C@@H]4O[C@H](CO)[C@@H](O)[C@H](O)[C@H]4O)C(C)(C)[C@H]3CC[C@]12C. The third-order valence-corrected chi connectivity index (χ3v) is 18.3. The van der Waals surface area contributed by atoms with E-state index in [1.165, 1.54) is 5.57 Å². The van der Waals surface area contributed by atoms with Gasteiger partial charge in [0.1, 0.15) is 67.1 Å². The highest BCUT2D eigenvalue weighted by Crippen LogP contribution is 2.76. The number of hydrogen-bond acceptors (Lipinski definition) is 17. The van der Waals surface area contributed by atoms with Crippen LogP contribution >= 0.6 is 0 Å². The Kier molecular flexibility index (Phi) is 14.9. The first-order chi connectivity index (χ1) is 29.8. The lowest BCUT2D eigenvalue weighted by atomic mass is 9.35. The van der Waals surface area contributed by atoms with Gasteiger partial charge in [-0.05, 0) is 124 Å². The summed E-state index contributed by atoms with van der Waals surface area (Å²) in [4.78, 5) is 0. The second-order valence-corrected chi connectivity index (χ2v) is 22.5. The molecule has 11 N–H and O–H groups in total. The molecular weight excluding hydrogens is 836 g/mol. The molecule has 0 spiro atoms. The number of ether oxygens (including phenoxy) is 6. The van der Waals surface area contributed by atoms with Crippen molar-refractivity contribution in [1.29, 1.82) is 0 Å². The smallest absolute Gasteiger partial charge is 0.187 e. The van der Waals surface area contributed by atoms with Crippen LogP contribution in [0.3, 0.4) is 0 Å². The second-order valence-electron chi connectivity index (χ2n) is 22.5. The van der Waals surface area contributed by atoms with Crippen molar-refractivity contribution < 1.29 is 84.6 Å². The average molecular weight is 917 g/mol.